The first-order chi connectivity index (χ1) is 11.0. The van der Waals surface area contributed by atoms with Crippen molar-refractivity contribution in [1.29, 1.82) is 0 Å². The Kier molecular flexibility index (Phi) is 5.88. The molecule has 0 amide bonds. The van der Waals surface area contributed by atoms with E-state index in [2.05, 4.69) is 6.92 Å². The van der Waals surface area contributed by atoms with E-state index >= 15 is 0 Å². The molecule has 0 aliphatic carbocycles. The highest BCUT2D eigenvalue weighted by Crippen LogP contribution is 2.13. The summed E-state index contributed by atoms with van der Waals surface area (Å²) in [7, 11) is 0. The number of hydrogen-bond acceptors (Lipinski definition) is 3. The molecule has 122 valence electrons. The Morgan fingerprint density at radius 2 is 1.87 bits per heavy atom. The average molecular weight is 312 g/mol. The highest BCUT2D eigenvalue weighted by molar-refractivity contribution is 5.93. The summed E-state index contributed by atoms with van der Waals surface area (Å²) < 4.78 is 1.60. The molecule has 23 heavy (non-hydrogen) atoms. The van der Waals surface area contributed by atoms with E-state index in [0.717, 1.165) is 30.5 Å². The van der Waals surface area contributed by atoms with Gasteiger partial charge >= 0.3 is 0 Å². The Morgan fingerprint density at radius 3 is 2.48 bits per heavy atom. The van der Waals surface area contributed by atoms with E-state index in [1.165, 1.54) is 6.92 Å². The van der Waals surface area contributed by atoms with Crippen LogP contribution in [0.15, 0.2) is 47.3 Å². The van der Waals surface area contributed by atoms with Crippen molar-refractivity contribution in [3.8, 4) is 0 Å². The third-order valence-corrected chi connectivity index (χ3v) is 3.99. The zero-order valence-electron chi connectivity index (χ0n) is 13.8. The van der Waals surface area contributed by atoms with Crippen LogP contribution in [0.4, 0.5) is 0 Å². The minimum atomic E-state index is -0.476. The number of unbranched alkanes of at least 4 members (excludes halogenated alkanes) is 1. The lowest BCUT2D eigenvalue weighted by Gasteiger charge is -2.20. The average Bonchev–Trinajstić information content (AvgIpc) is 2.53. The molecule has 0 aliphatic rings. The monoisotopic (exact) mass is 312 g/mol. The van der Waals surface area contributed by atoms with Crippen molar-refractivity contribution in [2.24, 2.45) is 5.73 Å². The van der Waals surface area contributed by atoms with Crippen molar-refractivity contribution in [2.45, 2.75) is 45.7 Å². The van der Waals surface area contributed by atoms with E-state index in [1.807, 2.05) is 36.4 Å². The van der Waals surface area contributed by atoms with Crippen LogP contribution in [0.3, 0.4) is 0 Å². The summed E-state index contributed by atoms with van der Waals surface area (Å²) in [5, 5.41) is 0. The molecule has 2 rings (SSSR count). The third kappa shape index (κ3) is 4.17. The Labute approximate surface area is 137 Å². The number of ketones is 1. The molecule has 0 fully saturated rings. The number of aryl methyl sites for hydroxylation is 1. The molecule has 0 bridgehead atoms. The predicted octanol–water partition coefficient (Wildman–Crippen LogP) is 3.09. The number of nitrogens with zero attached hydrogens (tertiary/aromatic N) is 1. The fourth-order valence-corrected chi connectivity index (χ4v) is 2.73. The van der Waals surface area contributed by atoms with E-state index in [9.17, 15) is 9.59 Å². The second-order valence-corrected chi connectivity index (χ2v) is 5.83. The molecule has 2 N–H and O–H groups in total. The van der Waals surface area contributed by atoms with Crippen LogP contribution in [-0.4, -0.2) is 10.4 Å². The number of pyridine rings is 1. The highest BCUT2D eigenvalue weighted by Gasteiger charge is 2.17. The zero-order valence-corrected chi connectivity index (χ0v) is 13.8. The lowest BCUT2D eigenvalue weighted by molar-refractivity contribution is 0.101. The van der Waals surface area contributed by atoms with Crippen LogP contribution in [-0.2, 0) is 12.8 Å². The molecule has 4 nitrogen and oxygen atoms in total. The Hall–Kier alpha value is -2.20. The molecule has 0 saturated carbocycles. The summed E-state index contributed by atoms with van der Waals surface area (Å²) in [6.07, 6.45) is 2.89. The van der Waals surface area contributed by atoms with Crippen LogP contribution in [0.2, 0.25) is 0 Å². The highest BCUT2D eigenvalue weighted by atomic mass is 16.1. The van der Waals surface area contributed by atoms with Crippen molar-refractivity contribution in [3.63, 3.8) is 0 Å². The Morgan fingerprint density at radius 1 is 1.17 bits per heavy atom. The maximum Gasteiger partial charge on any atom is 0.262 e. The van der Waals surface area contributed by atoms with Crippen molar-refractivity contribution in [1.82, 2.24) is 4.57 Å². The van der Waals surface area contributed by atoms with E-state index in [1.54, 1.807) is 10.6 Å². The quantitative estimate of drug-likeness (QED) is 0.799. The largest absolute Gasteiger partial charge is 0.311 e. The van der Waals surface area contributed by atoms with Gasteiger partial charge in [-0.25, -0.2) is 0 Å². The third-order valence-electron chi connectivity index (χ3n) is 3.99. The number of rotatable bonds is 7. The van der Waals surface area contributed by atoms with Gasteiger partial charge in [0, 0.05) is 12.1 Å². The number of benzene rings is 1. The number of carbonyl (C=O) groups excluding carboxylic acids is 1. The molecule has 1 heterocycles. The van der Waals surface area contributed by atoms with Gasteiger partial charge in [-0.2, -0.15) is 0 Å². The van der Waals surface area contributed by atoms with Gasteiger partial charge in [-0.1, -0.05) is 43.7 Å². The van der Waals surface area contributed by atoms with Crippen molar-refractivity contribution >= 4 is 5.78 Å². The molecule has 0 saturated heterocycles. The molecular formula is C19H24N2O2. The minimum absolute atomic E-state index is 0.203. The Balaban J connectivity index is 2.41. The van der Waals surface area contributed by atoms with Gasteiger partial charge in [0.05, 0.1) is 11.7 Å². The van der Waals surface area contributed by atoms with Crippen molar-refractivity contribution < 1.29 is 4.79 Å². The summed E-state index contributed by atoms with van der Waals surface area (Å²) in [6, 6.07) is 13.3. The molecule has 0 spiro atoms. The standard InChI is InChI=1S/C19H24N2O2/c1-3-4-10-16-11-12-17(14(2)22)19(23)21(16)18(20)13-15-8-6-5-7-9-15/h5-9,11-12,18H,3-4,10,13,20H2,1-2H3. The molecule has 0 aliphatic heterocycles. The van der Waals surface area contributed by atoms with E-state index in [4.69, 9.17) is 5.73 Å². The SMILES string of the molecule is CCCCc1ccc(C(C)=O)c(=O)n1C(N)Cc1ccccc1. The van der Waals surface area contributed by atoms with Crippen LogP contribution in [0, 0.1) is 0 Å². The minimum Gasteiger partial charge on any atom is -0.311 e. The lowest BCUT2D eigenvalue weighted by atomic mass is 10.1. The molecule has 1 aromatic heterocycles. The van der Waals surface area contributed by atoms with Gasteiger partial charge in [0.25, 0.3) is 5.56 Å². The van der Waals surface area contributed by atoms with Crippen molar-refractivity contribution in [3.05, 3.63) is 69.6 Å². The van der Waals surface area contributed by atoms with E-state index in [-0.39, 0.29) is 16.9 Å². The summed E-state index contributed by atoms with van der Waals surface area (Å²) in [5.41, 5.74) is 8.21. The second kappa shape index (κ2) is 7.88. The van der Waals surface area contributed by atoms with Gasteiger partial charge in [-0.15, -0.1) is 0 Å². The number of aromatic nitrogens is 1. The zero-order chi connectivity index (χ0) is 16.8. The summed E-state index contributed by atoms with van der Waals surface area (Å²) >= 11 is 0. The first kappa shape index (κ1) is 17.2. The number of Topliss-reactive ketones (excluding diaryl/α,β-unsaturated/α-hetero) is 1. The maximum absolute atomic E-state index is 12.7. The molecule has 1 aromatic carbocycles. The second-order valence-electron chi connectivity index (χ2n) is 5.83. The number of hydrogen-bond donors (Lipinski definition) is 1. The Bertz CT molecular complexity index is 720. The normalized spacial score (nSPS) is 12.1. The van der Waals surface area contributed by atoms with Crippen LogP contribution >= 0.6 is 0 Å². The molecule has 2 aromatic rings. The molecule has 4 heteroatoms. The van der Waals surface area contributed by atoms with Crippen LogP contribution in [0.1, 0.15) is 54.5 Å². The summed E-state index contributed by atoms with van der Waals surface area (Å²) in [4.78, 5) is 24.4. The van der Waals surface area contributed by atoms with Crippen molar-refractivity contribution in [2.75, 3.05) is 0 Å². The van der Waals surface area contributed by atoms with Crippen LogP contribution < -0.4 is 11.3 Å². The number of nitrogens with two attached hydrogens (primary N) is 1. The van der Waals surface area contributed by atoms with Crippen LogP contribution in [0.25, 0.3) is 0 Å². The molecule has 1 atom stereocenters. The van der Waals surface area contributed by atoms with Gasteiger partial charge < -0.3 is 5.73 Å². The fraction of sp³-hybridized carbons (Fsp3) is 0.368. The first-order valence-electron chi connectivity index (χ1n) is 8.09. The lowest BCUT2D eigenvalue weighted by Crippen LogP contribution is -2.36. The topological polar surface area (TPSA) is 65.1 Å². The summed E-state index contributed by atoms with van der Waals surface area (Å²) in [5.74, 6) is -0.224. The predicted molar refractivity (Wildman–Crippen MR) is 92.7 cm³/mol. The molecule has 1 unspecified atom stereocenters. The van der Waals surface area contributed by atoms with Gasteiger partial charge in [0.1, 0.15) is 0 Å². The van der Waals surface area contributed by atoms with Crippen LogP contribution in [0.5, 0.6) is 0 Å². The van der Waals surface area contributed by atoms with E-state index < -0.39 is 6.17 Å². The smallest absolute Gasteiger partial charge is 0.262 e. The van der Waals surface area contributed by atoms with Gasteiger partial charge in [0.15, 0.2) is 5.78 Å². The fourth-order valence-electron chi connectivity index (χ4n) is 2.73. The van der Waals surface area contributed by atoms with Gasteiger partial charge in [0.2, 0.25) is 0 Å². The molecule has 0 radical (unpaired) electrons. The number of carbonyl (C=O) groups is 1. The van der Waals surface area contributed by atoms with Gasteiger partial charge in [-0.3, -0.25) is 14.2 Å². The van der Waals surface area contributed by atoms with E-state index in [0.29, 0.717) is 6.42 Å². The first-order valence-corrected chi connectivity index (χ1v) is 8.09. The molecular weight excluding hydrogens is 288 g/mol. The maximum atomic E-state index is 12.7. The van der Waals surface area contributed by atoms with Gasteiger partial charge in [-0.05, 0) is 37.5 Å². The summed E-state index contributed by atoms with van der Waals surface area (Å²) in [6.45, 7) is 3.52.